The molecule has 0 aromatic rings. The minimum Gasteiger partial charge on any atom is -0.381 e. The van der Waals surface area contributed by atoms with Crippen molar-refractivity contribution < 1.29 is 1090 Å². The fourth-order valence-corrected chi connectivity index (χ4v) is 2.48. The number of hydrogen-bond donors (Lipinski definition) is 0. The Morgan fingerprint density at radius 1 is 0.352 bits per heavy atom. The van der Waals surface area contributed by atoms with Gasteiger partial charge in [0.1, 0.15) is 0 Å². The zero-order valence-electron chi connectivity index (χ0n) is 34.3. The molecule has 2 rings (SSSR count). The summed E-state index contributed by atoms with van der Waals surface area (Å²) < 4.78 is 10.5. The summed E-state index contributed by atoms with van der Waals surface area (Å²) in [7, 11) is 0. The monoisotopic (exact) mass is 3230 g/mol. The van der Waals surface area contributed by atoms with Crippen LogP contribution in [-0.2, 0) is 1090 Å². The molecule has 227 valence electrons. The summed E-state index contributed by atoms with van der Waals surface area (Å²) in [5, 5.41) is 0. The van der Waals surface area contributed by atoms with Crippen LogP contribution in [0.1, 0.15) is 54.4 Å². The molecule has 36 heteroatoms. The average molecular weight is 3230 g/mol. The van der Waals surface area contributed by atoms with Gasteiger partial charge in [-0.15, -0.1) is 0 Å². The molecule has 0 atom stereocenters. The van der Waals surface area contributed by atoms with Crippen LogP contribution in [0.15, 0.2) is 0 Å². The topological polar surface area (TPSA) is 21.7 Å². The summed E-state index contributed by atoms with van der Waals surface area (Å²) >= 11 is 0. The third kappa shape index (κ3) is 185. The molecular formula is C18H38NO2Y33-. The van der Waals surface area contributed by atoms with Crippen LogP contribution in [0.3, 0.4) is 0 Å². The molecule has 0 aromatic carbocycles. The molecule has 2 aliphatic rings. The van der Waals surface area contributed by atoms with Crippen molar-refractivity contribution in [3.63, 3.8) is 0 Å². The van der Waals surface area contributed by atoms with Gasteiger partial charge in [0.25, 0.3) is 0 Å². The predicted octanol–water partition coefficient (Wildman–Crippen LogP) is 3.94. The Bertz CT molecular complexity index is 237. The van der Waals surface area contributed by atoms with Gasteiger partial charge in [0, 0.05) is 1110 Å². The van der Waals surface area contributed by atoms with E-state index in [0.717, 1.165) is 51.4 Å². The molecular weight excluding hydrogens is 3200 g/mol. The Balaban J connectivity index is -0.00000000275. The standard InChI is InChI=1S/C8H16O.C7H15NO.C3H7.33Y/c2*1-7(2)8-3-5-9-6-4-8;1-3-2;;;;;;;;;;;;;;;;;;;;;;;;;;;;;;;;;/h7-8H,3-6H2,1-2H3;7H,3-6H2,1-2H3;3H,1-2H3;;;;;;;;;;;;;;;;;;;;;;;;;;;;;;;;;/q;;-1;;;;;;;;;;;;;;;;;;;;;;;;;;;;;;;;;. The Hall–Kier alpha value is 36.3. The van der Waals surface area contributed by atoms with Crippen molar-refractivity contribution >= 4 is 0 Å². The van der Waals surface area contributed by atoms with Crippen LogP contribution in [0.5, 0.6) is 0 Å². The second-order valence-electron chi connectivity index (χ2n) is 6.51. The molecule has 0 saturated carbocycles. The van der Waals surface area contributed by atoms with Gasteiger partial charge in [-0.2, -0.15) is 13.8 Å². The maximum atomic E-state index is 5.25. The van der Waals surface area contributed by atoms with Crippen LogP contribution in [0.2, 0.25) is 0 Å². The van der Waals surface area contributed by atoms with Gasteiger partial charge in [-0.1, -0.05) is 13.8 Å². The summed E-state index contributed by atoms with van der Waals surface area (Å²) in [5.74, 6) is 1.78. The molecule has 0 aromatic heterocycles. The summed E-state index contributed by atoms with van der Waals surface area (Å²) in [6.45, 7) is 19.1. The van der Waals surface area contributed by atoms with Crippen LogP contribution < -0.4 is 0 Å². The Kier molecular flexibility index (Phi) is 833. The molecule has 0 N–H and O–H groups in total. The van der Waals surface area contributed by atoms with Gasteiger partial charge in [-0.05, 0) is 38.5 Å². The van der Waals surface area contributed by atoms with E-state index in [1.54, 1.807) is 0 Å². The van der Waals surface area contributed by atoms with Crippen molar-refractivity contribution in [2.75, 3.05) is 39.5 Å². The molecule has 3 nitrogen and oxygen atoms in total. The van der Waals surface area contributed by atoms with E-state index < -0.39 is 0 Å². The van der Waals surface area contributed by atoms with Crippen molar-refractivity contribution in [1.82, 2.24) is 4.90 Å². The number of morpholine rings is 1. The third-order valence-corrected chi connectivity index (χ3v) is 3.98. The number of nitrogens with zero attached hydrogens (tertiary/aromatic N) is 1. The maximum absolute atomic E-state index is 5.25. The van der Waals surface area contributed by atoms with Crippen molar-refractivity contribution in [3.8, 4) is 0 Å². The van der Waals surface area contributed by atoms with E-state index in [0.29, 0.717) is 6.04 Å². The summed E-state index contributed by atoms with van der Waals surface area (Å²) in [6, 6.07) is 0.689. The van der Waals surface area contributed by atoms with Crippen LogP contribution in [0.25, 0.3) is 0 Å². The van der Waals surface area contributed by atoms with Crippen LogP contribution in [0, 0.1) is 18.3 Å². The zero-order chi connectivity index (χ0) is 16.1. The van der Waals surface area contributed by atoms with Crippen molar-refractivity contribution in [2.24, 2.45) is 11.8 Å². The van der Waals surface area contributed by atoms with E-state index in [-0.39, 0.29) is 1080 Å². The van der Waals surface area contributed by atoms with Crippen LogP contribution in [0.4, 0.5) is 0 Å². The first-order chi connectivity index (χ1) is 10.0. The Morgan fingerprint density at radius 3 is 0.630 bits per heavy atom. The molecule has 0 spiro atoms. The van der Waals surface area contributed by atoms with E-state index in [4.69, 9.17) is 9.47 Å². The molecule has 54 heavy (non-hydrogen) atoms. The molecule has 0 unspecified atom stereocenters. The smallest absolute Gasteiger partial charge is 0.0594 e. The van der Waals surface area contributed by atoms with Gasteiger partial charge in [0.05, 0.1) is 13.2 Å². The van der Waals surface area contributed by atoms with Gasteiger partial charge in [-0.3, -0.25) is 4.90 Å². The molecule has 2 aliphatic heterocycles. The second-order valence-corrected chi connectivity index (χ2v) is 6.51. The minimum absolute atomic E-state index is 0. The van der Waals surface area contributed by atoms with Crippen LogP contribution >= 0.6 is 0 Å². The fourth-order valence-electron chi connectivity index (χ4n) is 2.48. The average Bonchev–Trinajstić information content (AvgIpc) is 2.50. The first-order valence-electron chi connectivity index (χ1n) is 8.66. The third-order valence-electron chi connectivity index (χ3n) is 3.98. The quantitative estimate of drug-likeness (QED) is 0.392. The summed E-state index contributed by atoms with van der Waals surface area (Å²) in [5.41, 5.74) is 0. The Morgan fingerprint density at radius 2 is 0.519 bits per heavy atom. The van der Waals surface area contributed by atoms with Crippen molar-refractivity contribution in [3.05, 3.63) is 6.42 Å². The van der Waals surface area contributed by atoms with Crippen LogP contribution in [-0.4, -0.2) is 50.5 Å². The minimum atomic E-state index is 0. The summed E-state index contributed by atoms with van der Waals surface area (Å²) in [4.78, 5) is 2.43. The van der Waals surface area contributed by atoms with Gasteiger partial charge in [0.15, 0.2) is 0 Å². The number of hydrogen-bond acceptors (Lipinski definition) is 3. The van der Waals surface area contributed by atoms with Crippen molar-refractivity contribution in [2.45, 2.75) is 60.4 Å². The van der Waals surface area contributed by atoms with Gasteiger partial charge >= 0.3 is 0 Å². The zero-order valence-corrected chi connectivity index (χ0v) is 128. The molecule has 2 saturated heterocycles. The fraction of sp³-hybridized carbons (Fsp3) is 0.944. The largest absolute Gasteiger partial charge is 0.381 e. The maximum Gasteiger partial charge on any atom is 0.0594 e. The molecule has 0 amide bonds. The van der Waals surface area contributed by atoms with E-state index in [1.807, 2.05) is 20.3 Å². The molecule has 2 fully saturated rings. The SMILES string of the molecule is CC(C)C1CCOCC1.CC(C)N1CCOCC1.C[CH-]C.[Y].[Y].[Y].[Y].[Y].[Y].[Y].[Y].[Y].[Y].[Y].[Y].[Y].[Y].[Y].[Y].[Y].[Y].[Y].[Y].[Y].[Y].[Y].[Y].[Y].[Y].[Y].[Y].[Y].[Y].[Y].[Y].[Y]. The number of ether oxygens (including phenoxy) is 2. The van der Waals surface area contributed by atoms with Gasteiger partial charge < -0.3 is 15.9 Å². The first-order valence-corrected chi connectivity index (χ1v) is 8.66. The summed E-state index contributed by atoms with van der Waals surface area (Å²) in [6.07, 6.45) is 4.55. The van der Waals surface area contributed by atoms with E-state index in [9.17, 15) is 0 Å². The van der Waals surface area contributed by atoms with Gasteiger partial charge in [-0.25, -0.2) is 0 Å². The Labute approximate surface area is 1170 Å². The molecule has 2 heterocycles. The molecule has 0 bridgehead atoms. The van der Waals surface area contributed by atoms with E-state index >= 15 is 0 Å². The van der Waals surface area contributed by atoms with E-state index in [2.05, 4.69) is 32.6 Å². The first kappa shape index (κ1) is 227. The molecule has 0 aliphatic carbocycles. The normalized spacial score (nSPS) is 8.00. The second kappa shape index (κ2) is 198. The molecule has 33 radical (unpaired) electrons. The number of rotatable bonds is 2. The predicted molar refractivity (Wildman–Crippen MR) is 91.6 cm³/mol. The van der Waals surface area contributed by atoms with Crippen molar-refractivity contribution in [1.29, 1.82) is 0 Å². The van der Waals surface area contributed by atoms with Gasteiger partial charge in [0.2, 0.25) is 0 Å². The van der Waals surface area contributed by atoms with E-state index in [1.165, 1.54) is 12.8 Å².